The first-order valence-corrected chi connectivity index (χ1v) is 10.0. The van der Waals surface area contributed by atoms with E-state index in [1.54, 1.807) is 6.07 Å². The Balaban J connectivity index is 2.76. The van der Waals surface area contributed by atoms with Gasteiger partial charge < -0.3 is 4.74 Å². The van der Waals surface area contributed by atoms with Gasteiger partial charge in [0, 0.05) is 6.61 Å². The monoisotopic (exact) mass is 372 g/mol. The summed E-state index contributed by atoms with van der Waals surface area (Å²) >= 11 is 0. The molecule has 0 amide bonds. The topological polar surface area (TPSA) is 9.23 Å². The van der Waals surface area contributed by atoms with E-state index in [1.165, 1.54) is 44.2 Å². The Labute approximate surface area is 157 Å². The van der Waals surface area contributed by atoms with Crippen LogP contribution in [0.5, 0.6) is 0 Å². The van der Waals surface area contributed by atoms with Gasteiger partial charge in [0.25, 0.3) is 0 Å². The molecule has 1 nitrogen and oxygen atoms in total. The molecule has 0 fully saturated rings. The lowest BCUT2D eigenvalue weighted by Gasteiger charge is -2.35. The number of unbranched alkanes of at least 4 members (excludes halogenated alkanes) is 5. The molecule has 1 atom stereocenters. The zero-order valence-corrected chi connectivity index (χ0v) is 16.8. The van der Waals surface area contributed by atoms with E-state index in [0.717, 1.165) is 24.5 Å². The predicted molar refractivity (Wildman–Crippen MR) is 102 cm³/mol. The maximum absolute atomic E-state index is 13.0. The summed E-state index contributed by atoms with van der Waals surface area (Å²) in [6, 6.07) is 5.73. The molecule has 0 heterocycles. The predicted octanol–water partition coefficient (Wildman–Crippen LogP) is 7.43. The van der Waals surface area contributed by atoms with Crippen LogP contribution in [0.1, 0.15) is 83.8 Å². The van der Waals surface area contributed by atoms with Crippen molar-refractivity contribution in [1.29, 1.82) is 0 Å². The minimum absolute atomic E-state index is 0.206. The molecule has 26 heavy (non-hydrogen) atoms. The van der Waals surface area contributed by atoms with Gasteiger partial charge in [-0.05, 0) is 51.2 Å². The lowest BCUT2D eigenvalue weighted by Crippen LogP contribution is -2.36. The van der Waals surface area contributed by atoms with Gasteiger partial charge in [0.1, 0.15) is 0 Å². The SMILES string of the molecule is CCCCCCCCC(Cc1cccc(C(F)(F)F)c1)C(C)(C)OCC. The summed E-state index contributed by atoms with van der Waals surface area (Å²) in [5.74, 6) is 0.206. The second-order valence-electron chi connectivity index (χ2n) is 7.69. The van der Waals surface area contributed by atoms with Gasteiger partial charge in [-0.2, -0.15) is 13.2 Å². The van der Waals surface area contributed by atoms with Crippen LogP contribution in [0.3, 0.4) is 0 Å². The largest absolute Gasteiger partial charge is 0.416 e. The van der Waals surface area contributed by atoms with E-state index in [9.17, 15) is 13.2 Å². The highest BCUT2D eigenvalue weighted by molar-refractivity contribution is 5.26. The molecule has 0 aromatic heterocycles. The first-order valence-electron chi connectivity index (χ1n) is 10.0. The molecule has 1 rings (SSSR count). The van der Waals surface area contributed by atoms with E-state index >= 15 is 0 Å². The Morgan fingerprint density at radius 3 is 2.23 bits per heavy atom. The molecule has 0 radical (unpaired) electrons. The Bertz CT molecular complexity index is 508. The standard InChI is InChI=1S/C22H35F3O/c1-5-7-8-9-10-11-14-19(21(3,4)26-6-2)16-18-13-12-15-20(17-18)22(23,24)25/h12-13,15,17,19H,5-11,14,16H2,1-4H3. The smallest absolute Gasteiger partial charge is 0.376 e. The first kappa shape index (κ1) is 23.0. The average Bonchev–Trinajstić information content (AvgIpc) is 2.56. The normalized spacial score (nSPS) is 13.8. The fourth-order valence-corrected chi connectivity index (χ4v) is 3.52. The van der Waals surface area contributed by atoms with Crippen molar-refractivity contribution in [3.05, 3.63) is 35.4 Å². The van der Waals surface area contributed by atoms with Crippen LogP contribution >= 0.6 is 0 Å². The number of benzene rings is 1. The Morgan fingerprint density at radius 2 is 1.62 bits per heavy atom. The van der Waals surface area contributed by atoms with E-state index in [2.05, 4.69) is 20.8 Å². The van der Waals surface area contributed by atoms with Crippen molar-refractivity contribution in [2.24, 2.45) is 5.92 Å². The molecular weight excluding hydrogens is 337 g/mol. The van der Waals surface area contributed by atoms with E-state index in [0.29, 0.717) is 13.0 Å². The maximum atomic E-state index is 13.0. The quantitative estimate of drug-likeness (QED) is 0.347. The van der Waals surface area contributed by atoms with Crippen LogP contribution in [-0.2, 0) is 17.3 Å². The zero-order valence-electron chi connectivity index (χ0n) is 16.8. The number of halogens is 3. The average molecular weight is 373 g/mol. The third-order valence-electron chi connectivity index (χ3n) is 5.14. The van der Waals surface area contributed by atoms with Gasteiger partial charge in [0.05, 0.1) is 11.2 Å². The van der Waals surface area contributed by atoms with Crippen LogP contribution in [0.2, 0.25) is 0 Å². The van der Waals surface area contributed by atoms with Crippen LogP contribution in [-0.4, -0.2) is 12.2 Å². The highest BCUT2D eigenvalue weighted by Gasteiger charge is 2.32. The lowest BCUT2D eigenvalue weighted by molar-refractivity contribution is -0.137. The van der Waals surface area contributed by atoms with Crippen LogP contribution < -0.4 is 0 Å². The van der Waals surface area contributed by atoms with Gasteiger partial charge in [-0.3, -0.25) is 0 Å². The van der Waals surface area contributed by atoms with Gasteiger partial charge in [-0.25, -0.2) is 0 Å². The van der Waals surface area contributed by atoms with Crippen molar-refractivity contribution in [1.82, 2.24) is 0 Å². The summed E-state index contributed by atoms with van der Waals surface area (Å²) in [5, 5.41) is 0. The number of hydrogen-bond donors (Lipinski definition) is 0. The number of ether oxygens (including phenoxy) is 1. The Hall–Kier alpha value is -1.03. The molecular formula is C22H35F3O. The van der Waals surface area contributed by atoms with Crippen LogP contribution in [0.25, 0.3) is 0 Å². The molecule has 1 aromatic rings. The van der Waals surface area contributed by atoms with E-state index in [1.807, 2.05) is 6.92 Å². The molecule has 1 aromatic carbocycles. The summed E-state index contributed by atoms with van der Waals surface area (Å²) in [6.07, 6.45) is 4.60. The van der Waals surface area contributed by atoms with Crippen molar-refractivity contribution in [3.8, 4) is 0 Å². The second kappa shape index (κ2) is 11.0. The second-order valence-corrected chi connectivity index (χ2v) is 7.69. The minimum atomic E-state index is -4.29. The fourth-order valence-electron chi connectivity index (χ4n) is 3.52. The summed E-state index contributed by atoms with van der Waals surface area (Å²) in [6.45, 7) is 8.91. The van der Waals surface area contributed by atoms with Crippen LogP contribution in [0, 0.1) is 5.92 Å². The molecule has 1 unspecified atom stereocenters. The van der Waals surface area contributed by atoms with Crippen molar-refractivity contribution >= 4 is 0 Å². The summed E-state index contributed by atoms with van der Waals surface area (Å²) in [7, 11) is 0. The van der Waals surface area contributed by atoms with E-state index in [4.69, 9.17) is 4.74 Å². The summed E-state index contributed by atoms with van der Waals surface area (Å²) < 4.78 is 44.9. The number of alkyl halides is 3. The maximum Gasteiger partial charge on any atom is 0.416 e. The van der Waals surface area contributed by atoms with Crippen molar-refractivity contribution in [3.63, 3.8) is 0 Å². The molecule has 0 N–H and O–H groups in total. The minimum Gasteiger partial charge on any atom is -0.376 e. The number of rotatable bonds is 12. The van der Waals surface area contributed by atoms with Gasteiger partial charge in [0.15, 0.2) is 0 Å². The first-order chi connectivity index (χ1) is 12.2. The van der Waals surface area contributed by atoms with Crippen molar-refractivity contribution in [2.45, 2.75) is 90.8 Å². The molecule has 0 bridgehead atoms. The van der Waals surface area contributed by atoms with Gasteiger partial charge in [-0.15, -0.1) is 0 Å². The molecule has 0 aliphatic carbocycles. The Kier molecular flexibility index (Phi) is 9.70. The highest BCUT2D eigenvalue weighted by Crippen LogP contribution is 2.33. The van der Waals surface area contributed by atoms with Gasteiger partial charge in [-0.1, -0.05) is 63.6 Å². The van der Waals surface area contributed by atoms with Crippen LogP contribution in [0.4, 0.5) is 13.2 Å². The van der Waals surface area contributed by atoms with E-state index in [-0.39, 0.29) is 11.5 Å². The van der Waals surface area contributed by atoms with Crippen molar-refractivity contribution < 1.29 is 17.9 Å². The zero-order chi connectivity index (χ0) is 19.6. The molecule has 150 valence electrons. The number of hydrogen-bond acceptors (Lipinski definition) is 1. The molecule has 0 aliphatic rings. The van der Waals surface area contributed by atoms with Gasteiger partial charge >= 0.3 is 6.18 Å². The van der Waals surface area contributed by atoms with Crippen LogP contribution in [0.15, 0.2) is 24.3 Å². The molecule has 0 aliphatic heterocycles. The fraction of sp³-hybridized carbons (Fsp3) is 0.727. The third-order valence-corrected chi connectivity index (χ3v) is 5.14. The molecule has 0 saturated heterocycles. The summed E-state index contributed by atoms with van der Waals surface area (Å²) in [5.41, 5.74) is -0.169. The van der Waals surface area contributed by atoms with E-state index < -0.39 is 11.7 Å². The van der Waals surface area contributed by atoms with Crippen molar-refractivity contribution in [2.75, 3.05) is 6.61 Å². The summed E-state index contributed by atoms with van der Waals surface area (Å²) in [4.78, 5) is 0. The Morgan fingerprint density at radius 1 is 0.962 bits per heavy atom. The highest BCUT2D eigenvalue weighted by atomic mass is 19.4. The molecule has 0 saturated carbocycles. The van der Waals surface area contributed by atoms with Gasteiger partial charge in [0.2, 0.25) is 0 Å². The molecule has 0 spiro atoms. The third kappa shape index (κ3) is 8.11. The lowest BCUT2D eigenvalue weighted by atomic mass is 9.81. The molecule has 4 heteroatoms.